The van der Waals surface area contributed by atoms with Crippen molar-refractivity contribution < 1.29 is 9.90 Å². The molecule has 0 spiro atoms. The Morgan fingerprint density at radius 1 is 1.17 bits per heavy atom. The molecule has 1 aromatic heterocycles. The molecule has 30 heavy (non-hydrogen) atoms. The normalized spacial score (nSPS) is 15.4. The maximum absolute atomic E-state index is 11.1. The number of carboxylic acid groups (broad SMARTS) is 1. The van der Waals surface area contributed by atoms with Gasteiger partial charge in [-0.1, -0.05) is 38.1 Å². The Morgan fingerprint density at radius 3 is 2.63 bits per heavy atom. The number of hydrogen-bond donors (Lipinski definition) is 1. The summed E-state index contributed by atoms with van der Waals surface area (Å²) < 4.78 is 0. The van der Waals surface area contributed by atoms with Gasteiger partial charge in [0.05, 0.1) is 0 Å². The number of aliphatic carboxylic acids is 1. The number of carbonyl (C=O) groups is 1. The highest BCUT2D eigenvalue weighted by Gasteiger charge is 2.32. The van der Waals surface area contributed by atoms with E-state index in [1.165, 1.54) is 34.4 Å². The number of nitrogens with zero attached hydrogens (tertiary/aromatic N) is 2. The van der Waals surface area contributed by atoms with Crippen molar-refractivity contribution in [1.29, 1.82) is 5.26 Å². The first-order chi connectivity index (χ1) is 14.4. The third-order valence-corrected chi connectivity index (χ3v) is 6.67. The summed E-state index contributed by atoms with van der Waals surface area (Å²) in [6.45, 7) is 5.54. The van der Waals surface area contributed by atoms with E-state index in [1.807, 2.05) is 18.2 Å². The molecule has 2 aromatic carbocycles. The highest BCUT2D eigenvalue weighted by atomic mass is 32.1. The summed E-state index contributed by atoms with van der Waals surface area (Å²) in [6, 6.07) is 22.6. The first-order valence-corrected chi connectivity index (χ1v) is 10.6. The molecule has 0 saturated heterocycles. The Bertz CT molecular complexity index is 1170. The molecule has 4 nitrogen and oxygen atoms in total. The summed E-state index contributed by atoms with van der Waals surface area (Å²) in [4.78, 5) is 15.3. The topological polar surface area (TPSA) is 64.3 Å². The maximum Gasteiger partial charge on any atom is 0.346 e. The molecule has 1 aliphatic rings. The number of anilines is 2. The average Bonchev–Trinajstić information content (AvgIpc) is 3.21. The Hall–Kier alpha value is -3.36. The number of para-hydroxylation sites is 1. The average molecular weight is 415 g/mol. The third kappa shape index (κ3) is 3.74. The molecular formula is C25H22N2O2S. The van der Waals surface area contributed by atoms with E-state index in [0.29, 0.717) is 0 Å². The fourth-order valence-corrected chi connectivity index (χ4v) is 4.81. The van der Waals surface area contributed by atoms with Crippen LogP contribution in [0, 0.1) is 11.3 Å². The van der Waals surface area contributed by atoms with Crippen molar-refractivity contribution in [1.82, 2.24) is 0 Å². The highest BCUT2D eigenvalue weighted by molar-refractivity contribution is 7.16. The predicted octanol–water partition coefficient (Wildman–Crippen LogP) is 6.23. The molecule has 0 radical (unpaired) electrons. The van der Waals surface area contributed by atoms with Crippen LogP contribution in [-0.2, 0) is 10.2 Å². The van der Waals surface area contributed by atoms with Gasteiger partial charge in [0.2, 0.25) is 0 Å². The Labute approximate surface area is 180 Å². The van der Waals surface area contributed by atoms with E-state index in [9.17, 15) is 4.79 Å². The van der Waals surface area contributed by atoms with Crippen LogP contribution in [0.4, 0.5) is 11.4 Å². The summed E-state index contributed by atoms with van der Waals surface area (Å²) in [5, 5.41) is 18.1. The number of rotatable bonds is 4. The van der Waals surface area contributed by atoms with Crippen LogP contribution < -0.4 is 4.90 Å². The summed E-state index contributed by atoms with van der Waals surface area (Å²) in [5.74, 6) is -1.20. The van der Waals surface area contributed by atoms with E-state index in [-0.39, 0.29) is 11.0 Å². The second-order valence-corrected chi connectivity index (χ2v) is 9.15. The standard InChI is InChI=1S/C25H22N2O2S/c1-25(2)12-13-27(19-6-4-3-5-7-19)22-10-8-17(15-21(22)25)23-11-9-20(30-23)14-18(16-26)24(28)29/h3-11,14-15H,12-13H2,1-2H3,(H,28,29). The lowest BCUT2D eigenvalue weighted by atomic mass is 9.77. The third-order valence-electron chi connectivity index (χ3n) is 5.59. The molecular weight excluding hydrogens is 392 g/mol. The van der Waals surface area contributed by atoms with Crippen molar-refractivity contribution in [3.63, 3.8) is 0 Å². The quantitative estimate of drug-likeness (QED) is 0.406. The second-order valence-electron chi connectivity index (χ2n) is 8.03. The monoisotopic (exact) mass is 414 g/mol. The van der Waals surface area contributed by atoms with Gasteiger partial charge in [-0.15, -0.1) is 11.3 Å². The first kappa shape index (κ1) is 19.9. The van der Waals surface area contributed by atoms with Gasteiger partial charge in [-0.05, 0) is 65.4 Å². The van der Waals surface area contributed by atoms with Gasteiger partial charge in [0.1, 0.15) is 11.6 Å². The molecule has 2 heterocycles. The number of benzene rings is 2. The molecule has 1 N–H and O–H groups in total. The van der Waals surface area contributed by atoms with Crippen molar-refractivity contribution in [3.8, 4) is 16.5 Å². The number of fused-ring (bicyclic) bond motifs is 1. The van der Waals surface area contributed by atoms with E-state index < -0.39 is 5.97 Å². The molecule has 0 atom stereocenters. The molecule has 0 fully saturated rings. The van der Waals surface area contributed by atoms with Crippen molar-refractivity contribution >= 4 is 34.8 Å². The second kappa shape index (κ2) is 7.81. The zero-order chi connectivity index (χ0) is 21.3. The summed E-state index contributed by atoms with van der Waals surface area (Å²) in [6.07, 6.45) is 2.48. The van der Waals surface area contributed by atoms with Gasteiger partial charge in [0, 0.05) is 27.7 Å². The molecule has 4 rings (SSSR count). The largest absolute Gasteiger partial charge is 0.477 e. The molecule has 0 amide bonds. The van der Waals surface area contributed by atoms with Crippen LogP contribution in [0.2, 0.25) is 0 Å². The molecule has 5 heteroatoms. The van der Waals surface area contributed by atoms with Crippen molar-refractivity contribution in [3.05, 3.63) is 76.7 Å². The van der Waals surface area contributed by atoms with Crippen molar-refractivity contribution in [2.24, 2.45) is 0 Å². The zero-order valence-corrected chi connectivity index (χ0v) is 17.7. The van der Waals surface area contributed by atoms with Crippen molar-refractivity contribution in [2.75, 3.05) is 11.4 Å². The Balaban J connectivity index is 1.73. The number of nitriles is 1. The van der Waals surface area contributed by atoms with Crippen LogP contribution in [0.3, 0.4) is 0 Å². The zero-order valence-electron chi connectivity index (χ0n) is 16.9. The van der Waals surface area contributed by atoms with Gasteiger partial charge in [-0.25, -0.2) is 4.79 Å². The maximum atomic E-state index is 11.1. The van der Waals surface area contributed by atoms with Crippen LogP contribution in [0.5, 0.6) is 0 Å². The fraction of sp³-hybridized carbons (Fsp3) is 0.200. The van der Waals surface area contributed by atoms with Crippen LogP contribution >= 0.6 is 11.3 Å². The van der Waals surface area contributed by atoms with Gasteiger partial charge in [0.25, 0.3) is 0 Å². The van der Waals surface area contributed by atoms with E-state index >= 15 is 0 Å². The Morgan fingerprint density at radius 2 is 1.93 bits per heavy atom. The highest BCUT2D eigenvalue weighted by Crippen LogP contribution is 2.45. The van der Waals surface area contributed by atoms with Crippen LogP contribution in [0.25, 0.3) is 16.5 Å². The van der Waals surface area contributed by atoms with Gasteiger partial charge < -0.3 is 10.0 Å². The molecule has 0 saturated carbocycles. The molecule has 0 aliphatic carbocycles. The molecule has 0 bridgehead atoms. The lowest BCUT2D eigenvalue weighted by Gasteiger charge is -2.40. The van der Waals surface area contributed by atoms with E-state index in [1.54, 1.807) is 6.07 Å². The summed E-state index contributed by atoms with van der Waals surface area (Å²) in [5.41, 5.74) is 4.65. The predicted molar refractivity (Wildman–Crippen MR) is 122 cm³/mol. The van der Waals surface area contributed by atoms with Gasteiger partial charge >= 0.3 is 5.97 Å². The lowest BCUT2D eigenvalue weighted by Crippen LogP contribution is -2.34. The van der Waals surface area contributed by atoms with Crippen LogP contribution in [-0.4, -0.2) is 17.6 Å². The number of carboxylic acids is 1. The van der Waals surface area contributed by atoms with E-state index in [2.05, 4.69) is 61.2 Å². The molecule has 0 unspecified atom stereocenters. The van der Waals surface area contributed by atoms with Gasteiger partial charge in [-0.2, -0.15) is 5.26 Å². The summed E-state index contributed by atoms with van der Waals surface area (Å²) >= 11 is 1.49. The number of hydrogen-bond acceptors (Lipinski definition) is 4. The smallest absolute Gasteiger partial charge is 0.346 e. The van der Waals surface area contributed by atoms with Gasteiger partial charge in [-0.3, -0.25) is 0 Å². The van der Waals surface area contributed by atoms with Gasteiger partial charge in [0.15, 0.2) is 0 Å². The van der Waals surface area contributed by atoms with Crippen molar-refractivity contribution in [2.45, 2.75) is 25.7 Å². The first-order valence-electron chi connectivity index (χ1n) is 9.81. The fourth-order valence-electron chi connectivity index (χ4n) is 3.86. The molecule has 1 aliphatic heterocycles. The molecule has 3 aromatic rings. The minimum Gasteiger partial charge on any atom is -0.477 e. The van der Waals surface area contributed by atoms with E-state index in [4.69, 9.17) is 10.4 Å². The van der Waals surface area contributed by atoms with E-state index in [0.717, 1.165) is 28.3 Å². The molecule has 150 valence electrons. The minimum absolute atomic E-state index is 0.0634. The minimum atomic E-state index is -1.20. The number of thiophene rings is 1. The Kier molecular flexibility index (Phi) is 5.19. The lowest BCUT2D eigenvalue weighted by molar-refractivity contribution is -0.132. The summed E-state index contributed by atoms with van der Waals surface area (Å²) in [7, 11) is 0. The SMILES string of the molecule is CC1(C)CCN(c2ccccc2)c2ccc(-c3ccc(C=C(C#N)C(=O)O)s3)cc21. The van der Waals surface area contributed by atoms with Crippen LogP contribution in [0.15, 0.2) is 66.2 Å². The van der Waals surface area contributed by atoms with Crippen LogP contribution in [0.1, 0.15) is 30.7 Å².